The molecule has 4 rings (SSSR count). The van der Waals surface area contributed by atoms with Crippen LogP contribution in [0, 0.1) is 5.82 Å². The third-order valence-corrected chi connectivity index (χ3v) is 6.32. The normalized spacial score (nSPS) is 11.1. The Morgan fingerprint density at radius 3 is 2.38 bits per heavy atom. The summed E-state index contributed by atoms with van der Waals surface area (Å²) in [7, 11) is 2.89. The fourth-order valence-electron chi connectivity index (χ4n) is 4.13. The molecule has 3 heterocycles. The van der Waals surface area contributed by atoms with Gasteiger partial charge in [0.2, 0.25) is 0 Å². The maximum absolute atomic E-state index is 14.4. The van der Waals surface area contributed by atoms with Gasteiger partial charge in [-0.2, -0.15) is 5.10 Å². The SMILES string of the molecule is COCc1nn(Cc2ccc(Cn3cc(C(C)C)ccc3=O)cc2)cc1C(=O)NCc1nccc(OC)c1F. The molecule has 39 heavy (non-hydrogen) atoms. The van der Waals surface area contributed by atoms with Crippen molar-refractivity contribution in [3.05, 3.63) is 111 Å². The van der Waals surface area contributed by atoms with Gasteiger partial charge in [0.15, 0.2) is 11.6 Å². The molecule has 0 aliphatic heterocycles. The highest BCUT2D eigenvalue weighted by Gasteiger charge is 2.18. The van der Waals surface area contributed by atoms with Crippen molar-refractivity contribution in [1.29, 1.82) is 0 Å². The van der Waals surface area contributed by atoms with Crippen molar-refractivity contribution >= 4 is 5.91 Å². The van der Waals surface area contributed by atoms with Gasteiger partial charge in [0.1, 0.15) is 5.69 Å². The molecule has 0 aliphatic rings. The topological polar surface area (TPSA) is 100 Å². The van der Waals surface area contributed by atoms with Crippen LogP contribution in [0.15, 0.2) is 65.8 Å². The quantitative estimate of drug-likeness (QED) is 0.314. The maximum atomic E-state index is 14.4. The molecule has 1 N–H and O–H groups in total. The Kier molecular flexibility index (Phi) is 8.88. The minimum Gasteiger partial charge on any atom is -0.494 e. The molecular weight excluding hydrogens is 501 g/mol. The van der Waals surface area contributed by atoms with E-state index in [-0.39, 0.29) is 30.2 Å². The first kappa shape index (κ1) is 27.7. The Labute approximate surface area is 226 Å². The van der Waals surface area contributed by atoms with E-state index in [4.69, 9.17) is 9.47 Å². The van der Waals surface area contributed by atoms with E-state index in [1.54, 1.807) is 21.5 Å². The number of carbonyl (C=O) groups excluding carboxylic acids is 1. The summed E-state index contributed by atoms with van der Waals surface area (Å²) in [6.07, 6.45) is 4.97. The lowest BCUT2D eigenvalue weighted by molar-refractivity contribution is 0.0945. The molecule has 0 aliphatic carbocycles. The second-order valence-corrected chi connectivity index (χ2v) is 9.48. The molecule has 0 radical (unpaired) electrons. The summed E-state index contributed by atoms with van der Waals surface area (Å²) in [6, 6.07) is 12.8. The molecule has 4 aromatic rings. The van der Waals surface area contributed by atoms with Crippen LogP contribution in [-0.4, -0.2) is 39.5 Å². The first-order chi connectivity index (χ1) is 18.8. The third-order valence-electron chi connectivity index (χ3n) is 6.32. The standard InChI is InChI=1S/C29H32FN5O4/c1-19(2)22-9-10-27(36)34(16-22)14-20-5-7-21(8-6-20)15-35-17-23(25(33-35)18-38-3)29(37)32-13-24-28(30)26(39-4)11-12-31-24/h5-12,16-17,19H,13-15,18H2,1-4H3,(H,32,37). The van der Waals surface area contributed by atoms with Gasteiger partial charge in [-0.25, -0.2) is 4.39 Å². The predicted molar refractivity (Wildman–Crippen MR) is 144 cm³/mol. The monoisotopic (exact) mass is 533 g/mol. The Morgan fingerprint density at radius 2 is 1.72 bits per heavy atom. The van der Waals surface area contributed by atoms with E-state index in [2.05, 4.69) is 29.2 Å². The summed E-state index contributed by atoms with van der Waals surface area (Å²) in [6.45, 7) is 5.14. The maximum Gasteiger partial charge on any atom is 0.255 e. The number of aromatic nitrogens is 4. The largest absolute Gasteiger partial charge is 0.494 e. The molecule has 0 unspecified atom stereocenters. The zero-order chi connectivity index (χ0) is 27.9. The Bertz CT molecular complexity index is 1490. The molecule has 0 atom stereocenters. The molecule has 9 nitrogen and oxygen atoms in total. The second kappa shape index (κ2) is 12.5. The second-order valence-electron chi connectivity index (χ2n) is 9.48. The number of ether oxygens (including phenoxy) is 2. The van der Waals surface area contributed by atoms with Crippen molar-refractivity contribution in [2.45, 2.75) is 46.0 Å². The number of halogens is 1. The van der Waals surface area contributed by atoms with Crippen LogP contribution in [-0.2, 0) is 31.0 Å². The van der Waals surface area contributed by atoms with Crippen LogP contribution in [0.2, 0.25) is 0 Å². The van der Waals surface area contributed by atoms with Gasteiger partial charge in [-0.1, -0.05) is 44.2 Å². The van der Waals surface area contributed by atoms with E-state index < -0.39 is 11.7 Å². The number of pyridine rings is 2. The number of hydrogen-bond acceptors (Lipinski definition) is 6. The molecule has 0 fully saturated rings. The smallest absolute Gasteiger partial charge is 0.255 e. The number of carbonyl (C=O) groups is 1. The van der Waals surface area contributed by atoms with Crippen LogP contribution >= 0.6 is 0 Å². The summed E-state index contributed by atoms with van der Waals surface area (Å²) in [5.74, 6) is -0.636. The van der Waals surface area contributed by atoms with Gasteiger partial charge in [0, 0.05) is 37.8 Å². The Balaban J connectivity index is 1.45. The van der Waals surface area contributed by atoms with Gasteiger partial charge >= 0.3 is 0 Å². The minimum absolute atomic E-state index is 0.0404. The van der Waals surface area contributed by atoms with Crippen LogP contribution in [0.3, 0.4) is 0 Å². The van der Waals surface area contributed by atoms with Crippen LogP contribution in [0.4, 0.5) is 4.39 Å². The number of rotatable bonds is 11. The summed E-state index contributed by atoms with van der Waals surface area (Å²) >= 11 is 0. The van der Waals surface area contributed by atoms with Crippen molar-refractivity contribution in [2.75, 3.05) is 14.2 Å². The van der Waals surface area contributed by atoms with E-state index >= 15 is 0 Å². The lowest BCUT2D eigenvalue weighted by Crippen LogP contribution is -2.24. The fourth-order valence-corrected chi connectivity index (χ4v) is 4.13. The molecular formula is C29H32FN5O4. The summed E-state index contributed by atoms with van der Waals surface area (Å²) in [5.41, 5.74) is 3.92. The van der Waals surface area contributed by atoms with Gasteiger partial charge in [0.25, 0.3) is 11.5 Å². The van der Waals surface area contributed by atoms with E-state index in [0.29, 0.717) is 30.3 Å². The molecule has 0 bridgehead atoms. The molecule has 204 valence electrons. The zero-order valence-corrected chi connectivity index (χ0v) is 22.5. The van der Waals surface area contributed by atoms with E-state index in [1.807, 2.05) is 36.5 Å². The summed E-state index contributed by atoms with van der Waals surface area (Å²) in [4.78, 5) is 29.2. The highest BCUT2D eigenvalue weighted by Crippen LogP contribution is 2.18. The van der Waals surface area contributed by atoms with Gasteiger partial charge in [-0.05, 0) is 22.6 Å². The van der Waals surface area contributed by atoms with Crippen molar-refractivity contribution in [3.8, 4) is 5.75 Å². The lowest BCUT2D eigenvalue weighted by Gasteiger charge is -2.11. The van der Waals surface area contributed by atoms with Crippen molar-refractivity contribution in [3.63, 3.8) is 0 Å². The van der Waals surface area contributed by atoms with E-state index in [1.165, 1.54) is 26.5 Å². The van der Waals surface area contributed by atoms with Crippen molar-refractivity contribution < 1.29 is 18.7 Å². The number of benzene rings is 1. The van der Waals surface area contributed by atoms with Crippen LogP contribution in [0.25, 0.3) is 0 Å². The number of nitrogens with one attached hydrogen (secondary N) is 1. The van der Waals surface area contributed by atoms with Gasteiger partial charge in [0.05, 0.1) is 44.6 Å². The number of nitrogens with zero attached hydrogens (tertiary/aromatic N) is 4. The molecule has 0 spiro atoms. The van der Waals surface area contributed by atoms with E-state index in [9.17, 15) is 14.0 Å². The average Bonchev–Trinajstić information content (AvgIpc) is 3.32. The van der Waals surface area contributed by atoms with Gasteiger partial charge < -0.3 is 19.4 Å². The van der Waals surface area contributed by atoms with E-state index in [0.717, 1.165) is 16.7 Å². The first-order valence-electron chi connectivity index (χ1n) is 12.6. The third kappa shape index (κ3) is 6.77. The Hall–Kier alpha value is -4.31. The fraction of sp³-hybridized carbons (Fsp3) is 0.310. The zero-order valence-electron chi connectivity index (χ0n) is 22.5. The lowest BCUT2D eigenvalue weighted by atomic mass is 10.1. The van der Waals surface area contributed by atoms with Crippen LogP contribution in [0.5, 0.6) is 5.75 Å². The minimum atomic E-state index is -0.617. The molecule has 1 aromatic carbocycles. The van der Waals surface area contributed by atoms with Gasteiger partial charge in [-0.3, -0.25) is 19.3 Å². The van der Waals surface area contributed by atoms with Crippen molar-refractivity contribution in [1.82, 2.24) is 24.6 Å². The molecule has 10 heteroatoms. The summed E-state index contributed by atoms with van der Waals surface area (Å²) in [5, 5.41) is 7.22. The number of methoxy groups -OCH3 is 2. The molecule has 0 saturated heterocycles. The highest BCUT2D eigenvalue weighted by atomic mass is 19.1. The number of hydrogen-bond donors (Lipinski definition) is 1. The average molecular weight is 534 g/mol. The van der Waals surface area contributed by atoms with Crippen LogP contribution < -0.4 is 15.6 Å². The summed E-state index contributed by atoms with van der Waals surface area (Å²) < 4.78 is 28.0. The molecule has 3 aromatic heterocycles. The Morgan fingerprint density at radius 1 is 1.00 bits per heavy atom. The van der Waals surface area contributed by atoms with Gasteiger partial charge in [-0.15, -0.1) is 0 Å². The predicted octanol–water partition coefficient (Wildman–Crippen LogP) is 3.88. The van der Waals surface area contributed by atoms with Crippen LogP contribution in [0.1, 0.15) is 58.2 Å². The highest BCUT2D eigenvalue weighted by molar-refractivity contribution is 5.95. The molecule has 0 saturated carbocycles. The first-order valence-corrected chi connectivity index (χ1v) is 12.6. The molecule has 1 amide bonds. The van der Waals surface area contributed by atoms with Crippen molar-refractivity contribution in [2.24, 2.45) is 0 Å². The number of amides is 1.